The molecular weight excluding hydrogens is 217 g/mol. The minimum absolute atomic E-state index is 0.480. The Balaban J connectivity index is 2.16. The van der Waals surface area contributed by atoms with Crippen molar-refractivity contribution in [1.29, 1.82) is 0 Å². The summed E-state index contributed by atoms with van der Waals surface area (Å²) in [7, 11) is 0. The zero-order chi connectivity index (χ0) is 11.8. The molecule has 0 spiro atoms. The summed E-state index contributed by atoms with van der Waals surface area (Å²) in [5, 5.41) is 9.42. The van der Waals surface area contributed by atoms with Gasteiger partial charge in [-0.2, -0.15) is 13.2 Å². The molecule has 1 aromatic rings. The first-order valence-corrected chi connectivity index (χ1v) is 4.82. The van der Waals surface area contributed by atoms with Gasteiger partial charge in [-0.05, 0) is 37.1 Å². The fourth-order valence-electron chi connectivity index (χ4n) is 1.17. The molecule has 0 heterocycles. The lowest BCUT2D eigenvalue weighted by Crippen LogP contribution is -2.04. The van der Waals surface area contributed by atoms with Gasteiger partial charge >= 0.3 is 6.18 Å². The molecule has 1 saturated carbocycles. The highest BCUT2D eigenvalue weighted by Gasteiger charge is 2.38. The molecule has 0 amide bonds. The predicted molar refractivity (Wildman–Crippen MR) is 52.5 cm³/mol. The average molecular weight is 226 g/mol. The molecule has 4 heteroatoms. The average Bonchev–Trinajstić information content (AvgIpc) is 2.94. The van der Waals surface area contributed by atoms with Crippen molar-refractivity contribution in [3.63, 3.8) is 0 Å². The molecule has 84 valence electrons. The molecule has 0 radical (unpaired) electrons. The minimum Gasteiger partial charge on any atom is -0.378 e. The lowest BCUT2D eigenvalue weighted by Gasteiger charge is -2.05. The highest BCUT2D eigenvalue weighted by atomic mass is 19.4. The molecule has 1 aliphatic carbocycles. The molecule has 1 N–H and O–H groups in total. The van der Waals surface area contributed by atoms with Crippen LogP contribution in [0.15, 0.2) is 24.3 Å². The second-order valence-corrected chi connectivity index (χ2v) is 3.86. The molecule has 0 aliphatic heterocycles. The van der Waals surface area contributed by atoms with Gasteiger partial charge in [-0.1, -0.05) is 11.8 Å². The second kappa shape index (κ2) is 3.53. The zero-order valence-electron chi connectivity index (χ0n) is 8.30. The minimum atomic E-state index is -4.32. The number of rotatable bonds is 0. The van der Waals surface area contributed by atoms with Crippen LogP contribution in [0.2, 0.25) is 0 Å². The summed E-state index contributed by atoms with van der Waals surface area (Å²) in [6.07, 6.45) is -3.04. The Morgan fingerprint density at radius 2 is 1.69 bits per heavy atom. The van der Waals surface area contributed by atoms with Crippen LogP contribution in [0.3, 0.4) is 0 Å². The van der Waals surface area contributed by atoms with E-state index in [0.717, 1.165) is 12.1 Å². The molecule has 0 saturated heterocycles. The molecule has 1 aromatic carbocycles. The summed E-state index contributed by atoms with van der Waals surface area (Å²) in [5.74, 6) is 5.29. The molecule has 1 nitrogen and oxygen atoms in total. The van der Waals surface area contributed by atoms with E-state index in [0.29, 0.717) is 18.4 Å². The van der Waals surface area contributed by atoms with Crippen molar-refractivity contribution < 1.29 is 18.3 Å². The van der Waals surface area contributed by atoms with Gasteiger partial charge in [0.15, 0.2) is 0 Å². The number of aliphatic hydroxyl groups is 1. The maximum Gasteiger partial charge on any atom is 0.416 e. The Hall–Kier alpha value is -1.47. The van der Waals surface area contributed by atoms with Crippen LogP contribution < -0.4 is 0 Å². The lowest BCUT2D eigenvalue weighted by molar-refractivity contribution is -0.137. The van der Waals surface area contributed by atoms with Crippen LogP contribution >= 0.6 is 0 Å². The second-order valence-electron chi connectivity index (χ2n) is 3.86. The highest BCUT2D eigenvalue weighted by molar-refractivity contribution is 5.39. The molecule has 0 aromatic heterocycles. The summed E-state index contributed by atoms with van der Waals surface area (Å²) < 4.78 is 36.7. The largest absolute Gasteiger partial charge is 0.416 e. The Morgan fingerprint density at radius 1 is 1.12 bits per heavy atom. The van der Waals surface area contributed by atoms with Crippen LogP contribution in [0.4, 0.5) is 13.2 Å². The molecule has 2 rings (SSSR count). The van der Waals surface area contributed by atoms with Crippen molar-refractivity contribution in [3.05, 3.63) is 35.4 Å². The van der Waals surface area contributed by atoms with E-state index in [9.17, 15) is 18.3 Å². The molecule has 16 heavy (non-hydrogen) atoms. The topological polar surface area (TPSA) is 20.2 Å². The van der Waals surface area contributed by atoms with Gasteiger partial charge in [0, 0.05) is 5.56 Å². The molecule has 0 unspecified atom stereocenters. The van der Waals surface area contributed by atoms with Crippen molar-refractivity contribution in [3.8, 4) is 11.8 Å². The Morgan fingerprint density at radius 3 is 2.12 bits per heavy atom. The van der Waals surface area contributed by atoms with Crippen LogP contribution in [-0.2, 0) is 6.18 Å². The molecule has 1 fully saturated rings. The van der Waals surface area contributed by atoms with Gasteiger partial charge in [-0.15, -0.1) is 0 Å². The van der Waals surface area contributed by atoms with E-state index in [2.05, 4.69) is 11.8 Å². The van der Waals surface area contributed by atoms with E-state index >= 15 is 0 Å². The zero-order valence-corrected chi connectivity index (χ0v) is 8.30. The third-order valence-corrected chi connectivity index (χ3v) is 2.38. The van der Waals surface area contributed by atoms with Crippen molar-refractivity contribution >= 4 is 0 Å². The first kappa shape index (κ1) is 11.0. The van der Waals surface area contributed by atoms with Gasteiger partial charge in [0.25, 0.3) is 0 Å². The Bertz CT molecular complexity index is 444. The van der Waals surface area contributed by atoms with E-state index in [-0.39, 0.29) is 0 Å². The SMILES string of the molecule is OC1(C#Cc2ccc(C(F)(F)F)cc2)CC1. The van der Waals surface area contributed by atoms with E-state index in [1.807, 2.05) is 0 Å². The maximum atomic E-state index is 12.2. The Labute approximate surface area is 90.9 Å². The predicted octanol–water partition coefficient (Wildman–Crippen LogP) is 2.58. The number of alkyl halides is 3. The lowest BCUT2D eigenvalue weighted by atomic mass is 10.1. The van der Waals surface area contributed by atoms with Crippen molar-refractivity contribution in [1.82, 2.24) is 0 Å². The van der Waals surface area contributed by atoms with Crippen LogP contribution in [0.1, 0.15) is 24.0 Å². The van der Waals surface area contributed by atoms with Crippen molar-refractivity contribution in [2.45, 2.75) is 24.6 Å². The summed E-state index contributed by atoms with van der Waals surface area (Å²) in [4.78, 5) is 0. The summed E-state index contributed by atoms with van der Waals surface area (Å²) in [6.45, 7) is 0. The maximum absolute atomic E-state index is 12.2. The number of hydrogen-bond acceptors (Lipinski definition) is 1. The van der Waals surface area contributed by atoms with Gasteiger partial charge in [0.2, 0.25) is 0 Å². The van der Waals surface area contributed by atoms with Gasteiger partial charge < -0.3 is 5.11 Å². The van der Waals surface area contributed by atoms with Crippen LogP contribution in [0.25, 0.3) is 0 Å². The highest BCUT2D eigenvalue weighted by Crippen LogP contribution is 2.34. The fourth-order valence-corrected chi connectivity index (χ4v) is 1.17. The van der Waals surface area contributed by atoms with E-state index < -0.39 is 17.3 Å². The van der Waals surface area contributed by atoms with Gasteiger partial charge in [0.05, 0.1) is 5.56 Å². The summed E-state index contributed by atoms with van der Waals surface area (Å²) in [6, 6.07) is 4.59. The van der Waals surface area contributed by atoms with Crippen LogP contribution in [0.5, 0.6) is 0 Å². The molecule has 1 aliphatic rings. The third-order valence-electron chi connectivity index (χ3n) is 2.38. The molecular formula is C12H9F3O. The first-order valence-electron chi connectivity index (χ1n) is 4.82. The van der Waals surface area contributed by atoms with Crippen molar-refractivity contribution in [2.75, 3.05) is 0 Å². The number of benzene rings is 1. The van der Waals surface area contributed by atoms with Crippen LogP contribution in [-0.4, -0.2) is 10.7 Å². The standard InChI is InChI=1S/C12H9F3O/c13-12(14,15)10-3-1-9(2-4-10)5-6-11(16)7-8-11/h1-4,16H,7-8H2. The first-order chi connectivity index (χ1) is 7.39. The van der Waals surface area contributed by atoms with E-state index in [1.54, 1.807) is 0 Å². The van der Waals surface area contributed by atoms with E-state index in [4.69, 9.17) is 0 Å². The molecule has 0 atom stereocenters. The number of halogens is 3. The monoisotopic (exact) mass is 226 g/mol. The quantitative estimate of drug-likeness (QED) is 0.674. The normalized spacial score (nSPS) is 17.5. The van der Waals surface area contributed by atoms with Crippen LogP contribution in [0, 0.1) is 11.8 Å². The summed E-state index contributed by atoms with van der Waals surface area (Å²) >= 11 is 0. The van der Waals surface area contributed by atoms with Gasteiger partial charge in [-0.3, -0.25) is 0 Å². The van der Waals surface area contributed by atoms with E-state index in [1.165, 1.54) is 12.1 Å². The van der Waals surface area contributed by atoms with Gasteiger partial charge in [0.1, 0.15) is 5.60 Å². The van der Waals surface area contributed by atoms with Gasteiger partial charge in [-0.25, -0.2) is 0 Å². The summed E-state index contributed by atoms with van der Waals surface area (Å²) in [5.41, 5.74) is -1.11. The van der Waals surface area contributed by atoms with Crippen molar-refractivity contribution in [2.24, 2.45) is 0 Å². The smallest absolute Gasteiger partial charge is 0.378 e. The third kappa shape index (κ3) is 2.56. The Kier molecular flexibility index (Phi) is 2.43. The molecule has 0 bridgehead atoms. The fraction of sp³-hybridized carbons (Fsp3) is 0.333. The number of hydrogen-bond donors (Lipinski definition) is 1.